The van der Waals surface area contributed by atoms with Gasteiger partial charge in [-0.25, -0.2) is 0 Å². The van der Waals surface area contributed by atoms with E-state index in [1.807, 2.05) is 11.4 Å². The van der Waals surface area contributed by atoms with Gasteiger partial charge in [-0.05, 0) is 24.8 Å². The Morgan fingerprint density at radius 1 is 1.65 bits per heavy atom. The van der Waals surface area contributed by atoms with Gasteiger partial charge in [0.1, 0.15) is 0 Å². The number of thiophene rings is 1. The summed E-state index contributed by atoms with van der Waals surface area (Å²) in [6, 6.07) is 1.99. The van der Waals surface area contributed by atoms with E-state index >= 15 is 0 Å². The molecule has 1 atom stereocenters. The van der Waals surface area contributed by atoms with Gasteiger partial charge in [0.15, 0.2) is 0 Å². The van der Waals surface area contributed by atoms with Crippen molar-refractivity contribution in [3.8, 4) is 0 Å². The van der Waals surface area contributed by atoms with Crippen LogP contribution in [0.25, 0.3) is 0 Å². The number of hydrogen-bond donors (Lipinski definition) is 1. The summed E-state index contributed by atoms with van der Waals surface area (Å²) in [6.07, 6.45) is 2.37. The van der Waals surface area contributed by atoms with E-state index < -0.39 is 0 Å². The highest BCUT2D eigenvalue weighted by molar-refractivity contribution is 7.10. The van der Waals surface area contributed by atoms with Crippen molar-refractivity contribution in [1.29, 1.82) is 0 Å². The minimum Gasteiger partial charge on any atom is -0.376 e. The molecule has 3 nitrogen and oxygen atoms in total. The van der Waals surface area contributed by atoms with Crippen LogP contribution >= 0.6 is 11.3 Å². The average molecular weight is 253 g/mol. The molecule has 1 aromatic rings. The van der Waals surface area contributed by atoms with Gasteiger partial charge in [0.25, 0.3) is 5.91 Å². The zero-order valence-corrected chi connectivity index (χ0v) is 11.2. The SMILES string of the molecule is CC(C)c1cc(C(=O)NC[C@@H]2CCCO2)cs1. The summed E-state index contributed by atoms with van der Waals surface area (Å²) in [5, 5.41) is 4.87. The molecule has 2 heterocycles. The Morgan fingerprint density at radius 3 is 3.06 bits per heavy atom. The molecule has 0 aliphatic carbocycles. The number of amides is 1. The molecule has 0 bridgehead atoms. The third kappa shape index (κ3) is 3.30. The van der Waals surface area contributed by atoms with Crippen molar-refractivity contribution >= 4 is 17.2 Å². The van der Waals surface area contributed by atoms with Crippen LogP contribution in [-0.4, -0.2) is 25.2 Å². The van der Waals surface area contributed by atoms with Crippen LogP contribution < -0.4 is 5.32 Å². The second-order valence-corrected chi connectivity index (χ2v) is 5.68. The van der Waals surface area contributed by atoms with Crippen molar-refractivity contribution in [2.24, 2.45) is 0 Å². The normalized spacial score (nSPS) is 19.8. The lowest BCUT2D eigenvalue weighted by atomic mass is 10.1. The summed E-state index contributed by atoms with van der Waals surface area (Å²) in [5.74, 6) is 0.503. The number of rotatable bonds is 4. The highest BCUT2D eigenvalue weighted by Crippen LogP contribution is 2.23. The molecular weight excluding hydrogens is 234 g/mol. The van der Waals surface area contributed by atoms with Gasteiger partial charge in [-0.3, -0.25) is 4.79 Å². The van der Waals surface area contributed by atoms with Gasteiger partial charge in [0.2, 0.25) is 0 Å². The first-order valence-corrected chi connectivity index (χ1v) is 7.03. The summed E-state index contributed by atoms with van der Waals surface area (Å²) in [6.45, 7) is 5.74. The number of ether oxygens (including phenoxy) is 1. The van der Waals surface area contributed by atoms with Crippen LogP contribution in [0.1, 0.15) is 47.8 Å². The topological polar surface area (TPSA) is 38.3 Å². The molecule has 1 saturated heterocycles. The van der Waals surface area contributed by atoms with E-state index in [4.69, 9.17) is 4.74 Å². The first kappa shape index (κ1) is 12.6. The van der Waals surface area contributed by atoms with E-state index in [1.165, 1.54) is 4.88 Å². The summed E-state index contributed by atoms with van der Waals surface area (Å²) in [5.41, 5.74) is 0.775. The Bertz CT molecular complexity index is 381. The van der Waals surface area contributed by atoms with E-state index in [0.717, 1.165) is 25.0 Å². The molecule has 0 radical (unpaired) electrons. The van der Waals surface area contributed by atoms with E-state index in [2.05, 4.69) is 19.2 Å². The van der Waals surface area contributed by atoms with Crippen molar-refractivity contribution in [2.45, 2.75) is 38.7 Å². The number of carbonyl (C=O) groups excluding carboxylic acids is 1. The lowest BCUT2D eigenvalue weighted by Gasteiger charge is -2.09. The van der Waals surface area contributed by atoms with Gasteiger partial charge in [0, 0.05) is 23.4 Å². The largest absolute Gasteiger partial charge is 0.376 e. The summed E-state index contributed by atoms with van der Waals surface area (Å²) in [4.78, 5) is 13.1. The molecule has 0 aromatic carbocycles. The zero-order chi connectivity index (χ0) is 12.3. The van der Waals surface area contributed by atoms with Gasteiger partial charge in [-0.15, -0.1) is 11.3 Å². The highest BCUT2D eigenvalue weighted by atomic mass is 32.1. The second-order valence-electron chi connectivity index (χ2n) is 4.74. The molecule has 1 amide bonds. The molecule has 1 N–H and O–H groups in total. The Labute approximate surface area is 106 Å². The Balaban J connectivity index is 1.85. The van der Waals surface area contributed by atoms with Gasteiger partial charge in [-0.2, -0.15) is 0 Å². The fourth-order valence-corrected chi connectivity index (χ4v) is 2.79. The molecule has 1 fully saturated rings. The third-order valence-electron chi connectivity index (χ3n) is 2.97. The van der Waals surface area contributed by atoms with Crippen LogP contribution in [0.5, 0.6) is 0 Å². The molecule has 1 aliphatic heterocycles. The molecule has 1 aliphatic rings. The van der Waals surface area contributed by atoms with Crippen molar-refractivity contribution in [1.82, 2.24) is 5.32 Å². The average Bonchev–Trinajstić information content (AvgIpc) is 2.96. The minimum absolute atomic E-state index is 0.0173. The molecular formula is C13H19NO2S. The molecule has 0 spiro atoms. The van der Waals surface area contributed by atoms with E-state index in [1.54, 1.807) is 11.3 Å². The minimum atomic E-state index is 0.0173. The fraction of sp³-hybridized carbons (Fsp3) is 0.615. The van der Waals surface area contributed by atoms with E-state index in [-0.39, 0.29) is 12.0 Å². The van der Waals surface area contributed by atoms with Gasteiger partial charge < -0.3 is 10.1 Å². The maximum absolute atomic E-state index is 11.9. The van der Waals surface area contributed by atoms with Crippen LogP contribution in [0.3, 0.4) is 0 Å². The maximum atomic E-state index is 11.9. The summed E-state index contributed by atoms with van der Waals surface area (Å²) in [7, 11) is 0. The lowest BCUT2D eigenvalue weighted by Crippen LogP contribution is -2.31. The monoisotopic (exact) mass is 253 g/mol. The van der Waals surface area contributed by atoms with Crippen molar-refractivity contribution in [2.75, 3.05) is 13.2 Å². The Hall–Kier alpha value is -0.870. The molecule has 1 aromatic heterocycles. The van der Waals surface area contributed by atoms with Crippen LogP contribution in [-0.2, 0) is 4.74 Å². The Morgan fingerprint density at radius 2 is 2.47 bits per heavy atom. The fourth-order valence-electron chi connectivity index (χ4n) is 1.89. The van der Waals surface area contributed by atoms with Crippen molar-refractivity contribution in [3.63, 3.8) is 0 Å². The summed E-state index contributed by atoms with van der Waals surface area (Å²) >= 11 is 1.65. The summed E-state index contributed by atoms with van der Waals surface area (Å²) < 4.78 is 5.47. The molecule has 17 heavy (non-hydrogen) atoms. The second kappa shape index (κ2) is 5.65. The standard InChI is InChI=1S/C13H19NO2S/c1-9(2)12-6-10(8-17-12)13(15)14-7-11-4-3-5-16-11/h6,8-9,11H,3-5,7H2,1-2H3,(H,14,15)/t11-/m0/s1. The number of nitrogens with one attached hydrogen (secondary N) is 1. The Kier molecular flexibility index (Phi) is 4.18. The molecule has 2 rings (SSSR count). The molecule has 4 heteroatoms. The third-order valence-corrected chi connectivity index (χ3v) is 4.20. The highest BCUT2D eigenvalue weighted by Gasteiger charge is 2.17. The van der Waals surface area contributed by atoms with Crippen LogP contribution in [0.4, 0.5) is 0 Å². The number of hydrogen-bond acceptors (Lipinski definition) is 3. The van der Waals surface area contributed by atoms with Crippen molar-refractivity contribution in [3.05, 3.63) is 21.9 Å². The van der Waals surface area contributed by atoms with Gasteiger partial charge in [-0.1, -0.05) is 13.8 Å². The van der Waals surface area contributed by atoms with Crippen LogP contribution in [0.2, 0.25) is 0 Å². The predicted octanol–water partition coefficient (Wildman–Crippen LogP) is 2.78. The predicted molar refractivity (Wildman–Crippen MR) is 69.7 cm³/mol. The van der Waals surface area contributed by atoms with Crippen LogP contribution in [0.15, 0.2) is 11.4 Å². The molecule has 0 unspecified atom stereocenters. The van der Waals surface area contributed by atoms with E-state index in [0.29, 0.717) is 12.5 Å². The molecule has 94 valence electrons. The smallest absolute Gasteiger partial charge is 0.252 e. The lowest BCUT2D eigenvalue weighted by molar-refractivity contribution is 0.0858. The zero-order valence-electron chi connectivity index (χ0n) is 10.4. The first-order chi connectivity index (χ1) is 8.16. The van der Waals surface area contributed by atoms with Crippen molar-refractivity contribution < 1.29 is 9.53 Å². The van der Waals surface area contributed by atoms with E-state index in [9.17, 15) is 4.79 Å². The van der Waals surface area contributed by atoms with Gasteiger partial charge in [0.05, 0.1) is 11.7 Å². The maximum Gasteiger partial charge on any atom is 0.252 e. The number of carbonyl (C=O) groups is 1. The quantitative estimate of drug-likeness (QED) is 0.896. The van der Waals surface area contributed by atoms with Gasteiger partial charge >= 0.3 is 0 Å². The first-order valence-electron chi connectivity index (χ1n) is 6.15. The molecule has 0 saturated carbocycles. The van der Waals surface area contributed by atoms with Crippen LogP contribution in [0, 0.1) is 0 Å².